The second-order valence-electron chi connectivity index (χ2n) is 31.3. The highest BCUT2D eigenvalue weighted by Crippen LogP contribution is 2.47. The Morgan fingerprint density at radius 3 is 0.807 bits per heavy atom. The summed E-state index contributed by atoms with van der Waals surface area (Å²) in [5.74, 6) is -1.37. The molecule has 0 fully saturated rings. The van der Waals surface area contributed by atoms with E-state index in [0.29, 0.717) is 17.8 Å². The van der Waals surface area contributed by atoms with E-state index in [1.807, 2.05) is 69.0 Å². The van der Waals surface area contributed by atoms with E-state index in [2.05, 4.69) is 295 Å². The van der Waals surface area contributed by atoms with Gasteiger partial charge in [-0.15, -0.1) is 0 Å². The Bertz CT molecular complexity index is 4880. The van der Waals surface area contributed by atoms with Gasteiger partial charge in [-0.1, -0.05) is 205 Å². The monoisotopic (exact) mass is 1520 g/mol. The largest absolute Gasteiger partial charge is 0.478 e. The molecule has 3 N–H and O–H groups in total. The summed E-state index contributed by atoms with van der Waals surface area (Å²) in [7, 11) is 0. The average Bonchev–Trinajstić information content (AvgIpc) is 0.901. The van der Waals surface area contributed by atoms with Gasteiger partial charge >= 0.3 is 17.9 Å². The van der Waals surface area contributed by atoms with Crippen LogP contribution in [0.15, 0.2) is 256 Å². The van der Waals surface area contributed by atoms with Gasteiger partial charge < -0.3 is 30.0 Å². The van der Waals surface area contributed by atoms with Crippen molar-refractivity contribution in [2.24, 2.45) is 0 Å². The Balaban J connectivity index is 0.000000149. The molecule has 9 aromatic carbocycles. The lowest BCUT2D eigenvalue weighted by Gasteiger charge is -2.44. The molecule has 12 aromatic rings. The van der Waals surface area contributed by atoms with Gasteiger partial charge in [-0.25, -0.2) is 14.4 Å². The number of benzene rings is 9. The Kier molecular flexibility index (Phi) is 24.9. The maximum absolute atomic E-state index is 11.0. The summed E-state index contributed by atoms with van der Waals surface area (Å²) >= 11 is 0. The van der Waals surface area contributed by atoms with Crippen molar-refractivity contribution >= 4 is 53.2 Å². The lowest BCUT2D eigenvalue weighted by atomic mass is 9.83. The molecule has 0 bridgehead atoms. The summed E-state index contributed by atoms with van der Waals surface area (Å²) < 4.78 is 5.88. The predicted molar refractivity (Wildman–Crippen MR) is 463 cm³/mol. The van der Waals surface area contributed by atoms with E-state index in [9.17, 15) is 14.4 Å². The fourth-order valence-corrected chi connectivity index (χ4v) is 16.4. The van der Waals surface area contributed by atoms with Gasteiger partial charge in [0.2, 0.25) is 0 Å². The van der Waals surface area contributed by atoms with Gasteiger partial charge in [0.1, 0.15) is 0 Å². The highest BCUT2D eigenvalue weighted by molar-refractivity contribution is 5.86. The minimum Gasteiger partial charge on any atom is -0.478 e. The summed E-state index contributed by atoms with van der Waals surface area (Å²) in [6, 6.07) is 73.2. The van der Waals surface area contributed by atoms with Crippen LogP contribution >= 0.6 is 0 Å². The standard InChI is InChI=1S/3C33H35N3O2/c3*1-5-35-21-29(20-34-35)27-13-16-31-28(19-27)18-23(4)36(30-14-11-25(12-15-30)22(2)3)33(31)26-9-6-24(7-10-26)8-17-32(37)38/h3*6-17,19-23,33H,5,18H2,1-4H3,(H,37,38)/b3*17-8+/t2*23-,33-;/m10./s1. The van der Waals surface area contributed by atoms with E-state index in [1.54, 1.807) is 18.2 Å². The van der Waals surface area contributed by atoms with Crippen molar-refractivity contribution in [2.75, 3.05) is 14.7 Å². The van der Waals surface area contributed by atoms with Crippen molar-refractivity contribution in [3.8, 4) is 33.4 Å². The molecule has 0 saturated carbocycles. The zero-order chi connectivity index (χ0) is 80.4. The van der Waals surface area contributed by atoms with Crippen LogP contribution in [-0.2, 0) is 53.3 Å². The third-order valence-electron chi connectivity index (χ3n) is 22.6. The smallest absolute Gasteiger partial charge is 0.328 e. The van der Waals surface area contributed by atoms with Crippen LogP contribution in [0, 0.1) is 0 Å². The molecular weight excluding hydrogens is 1410 g/mol. The topological polar surface area (TPSA) is 175 Å². The molecule has 2 unspecified atom stereocenters. The second kappa shape index (κ2) is 35.6. The number of anilines is 3. The Morgan fingerprint density at radius 2 is 0.596 bits per heavy atom. The van der Waals surface area contributed by atoms with Crippen molar-refractivity contribution in [1.82, 2.24) is 29.3 Å². The normalized spacial score (nSPS) is 17.2. The number of hydrogen-bond donors (Lipinski definition) is 3. The van der Waals surface area contributed by atoms with Gasteiger partial charge in [-0.05, 0) is 233 Å². The zero-order valence-electron chi connectivity index (χ0n) is 67.5. The van der Waals surface area contributed by atoms with Gasteiger partial charge in [-0.3, -0.25) is 14.0 Å². The van der Waals surface area contributed by atoms with Crippen molar-refractivity contribution in [3.05, 3.63) is 339 Å². The van der Waals surface area contributed by atoms with E-state index in [-0.39, 0.29) is 36.3 Å². The molecular formula is C99H105N9O6. The number of hydrogen-bond acceptors (Lipinski definition) is 9. The average molecular weight is 1520 g/mol. The van der Waals surface area contributed by atoms with Crippen LogP contribution in [0.3, 0.4) is 0 Å². The fraction of sp³-hybridized carbons (Fsp3) is 0.273. The van der Waals surface area contributed by atoms with Crippen molar-refractivity contribution in [3.63, 3.8) is 0 Å². The number of aryl methyl sites for hydroxylation is 3. The molecule has 15 heteroatoms. The quantitative estimate of drug-likeness (QED) is 0.0582. The molecule has 114 heavy (non-hydrogen) atoms. The number of fused-ring (bicyclic) bond motifs is 3. The number of carbonyl (C=O) groups is 3. The third kappa shape index (κ3) is 18.2. The number of carboxylic acids is 3. The molecule has 0 radical (unpaired) electrons. The molecule has 15 rings (SSSR count). The number of nitrogens with zero attached hydrogens (tertiary/aromatic N) is 9. The zero-order valence-corrected chi connectivity index (χ0v) is 67.5. The second-order valence-corrected chi connectivity index (χ2v) is 31.3. The summed E-state index contributed by atoms with van der Waals surface area (Å²) in [5.41, 5.74) is 28.8. The molecule has 3 aliphatic rings. The lowest BCUT2D eigenvalue weighted by Crippen LogP contribution is -2.42. The molecule has 0 aliphatic carbocycles. The number of rotatable bonds is 21. The molecule has 582 valence electrons. The first kappa shape index (κ1) is 79.7. The van der Waals surface area contributed by atoms with Crippen LogP contribution in [0.5, 0.6) is 0 Å². The van der Waals surface area contributed by atoms with Gasteiger partial charge in [0.25, 0.3) is 0 Å². The van der Waals surface area contributed by atoms with E-state index in [4.69, 9.17) is 15.3 Å². The first-order chi connectivity index (χ1) is 55.0. The van der Waals surface area contributed by atoms with Gasteiger partial charge in [0, 0.05) is 108 Å². The molecule has 15 nitrogen and oxygen atoms in total. The van der Waals surface area contributed by atoms with Gasteiger partial charge in [0.15, 0.2) is 0 Å². The van der Waals surface area contributed by atoms with Crippen LogP contribution in [0.4, 0.5) is 17.1 Å². The van der Waals surface area contributed by atoms with Crippen molar-refractivity contribution < 1.29 is 29.7 Å². The number of aliphatic carboxylic acids is 3. The minimum absolute atomic E-state index is 0.0450. The van der Waals surface area contributed by atoms with Crippen LogP contribution in [0.1, 0.15) is 202 Å². The van der Waals surface area contributed by atoms with Crippen LogP contribution in [0.25, 0.3) is 51.6 Å². The SMILES string of the molecule is CCn1cc(-c2ccc3c(c2)CC(C)N(c2ccc(C(C)C)cc2)C3c2ccc(/C=C/C(=O)O)cc2)cn1.CCn1cc(-c2ccc3c(c2)C[C@@H](C)N(c2ccc(C(C)C)cc2)[C@@H]3c2ccc(/C=C/C(=O)O)cc2)cn1.CCn1cc(-c2ccc3c(c2)C[C@H](C)N(c2ccc(C(C)C)cc2)[C@H]3c2ccc(/C=C/C(=O)O)cc2)cn1. The van der Waals surface area contributed by atoms with Crippen molar-refractivity contribution in [2.45, 2.75) is 176 Å². The fourth-order valence-electron chi connectivity index (χ4n) is 16.4. The molecule has 3 aromatic heterocycles. The lowest BCUT2D eigenvalue weighted by molar-refractivity contribution is -0.132. The van der Waals surface area contributed by atoms with E-state index < -0.39 is 17.9 Å². The third-order valence-corrected chi connectivity index (χ3v) is 22.6. The van der Waals surface area contributed by atoms with Crippen LogP contribution in [-0.4, -0.2) is 80.7 Å². The number of aromatic nitrogens is 6. The molecule has 6 atom stereocenters. The Morgan fingerprint density at radius 1 is 0.351 bits per heavy atom. The highest BCUT2D eigenvalue weighted by Gasteiger charge is 2.37. The Labute approximate surface area is 671 Å². The Hall–Kier alpha value is -12.4. The molecule has 0 amide bonds. The summed E-state index contributed by atoms with van der Waals surface area (Å²) in [6.45, 7) is 29.1. The van der Waals surface area contributed by atoms with Crippen molar-refractivity contribution in [1.29, 1.82) is 0 Å². The summed E-state index contributed by atoms with van der Waals surface area (Å²) in [5, 5.41) is 40.4. The van der Waals surface area contributed by atoms with Crippen LogP contribution in [0.2, 0.25) is 0 Å². The van der Waals surface area contributed by atoms with Gasteiger partial charge in [-0.2, -0.15) is 15.3 Å². The highest BCUT2D eigenvalue weighted by atomic mass is 16.4. The van der Waals surface area contributed by atoms with Crippen LogP contribution < -0.4 is 14.7 Å². The first-order valence-corrected chi connectivity index (χ1v) is 40.2. The van der Waals surface area contributed by atoms with E-state index in [1.165, 1.54) is 119 Å². The maximum Gasteiger partial charge on any atom is 0.328 e. The molecule has 6 heterocycles. The molecule has 3 aliphatic heterocycles. The van der Waals surface area contributed by atoms with E-state index >= 15 is 0 Å². The number of carboxylic acid groups (broad SMARTS) is 3. The van der Waals surface area contributed by atoms with Gasteiger partial charge in [0.05, 0.1) is 36.7 Å². The first-order valence-electron chi connectivity index (χ1n) is 40.2. The minimum atomic E-state index is -0.944. The maximum atomic E-state index is 11.0. The summed E-state index contributed by atoms with van der Waals surface area (Å²) in [4.78, 5) is 40.5. The predicted octanol–water partition coefficient (Wildman–Crippen LogP) is 22.0. The molecule has 0 saturated heterocycles. The summed E-state index contributed by atoms with van der Waals surface area (Å²) in [6.07, 6.45) is 23.5. The molecule has 0 spiro atoms. The van der Waals surface area contributed by atoms with E-state index in [0.717, 1.165) is 72.3 Å².